The van der Waals surface area contributed by atoms with Crippen LogP contribution in [0.1, 0.15) is 73.5 Å². The molecule has 0 saturated carbocycles. The van der Waals surface area contributed by atoms with E-state index in [1.807, 2.05) is 33.8 Å². The minimum Gasteiger partial charge on any atom is -0.496 e. The van der Waals surface area contributed by atoms with Crippen molar-refractivity contribution in [3.8, 4) is 11.5 Å². The molecule has 0 amide bonds. The fraction of sp³-hybridized carbons (Fsp3) is 0.542. The van der Waals surface area contributed by atoms with Gasteiger partial charge in [-0.1, -0.05) is 31.9 Å². The van der Waals surface area contributed by atoms with Gasteiger partial charge in [-0.2, -0.15) is 0 Å². The van der Waals surface area contributed by atoms with Gasteiger partial charge in [0.15, 0.2) is 5.75 Å². The average molecular weight is 433 g/mol. The Balaban J connectivity index is 2.48. The molecule has 0 spiro atoms. The van der Waals surface area contributed by atoms with E-state index in [0.29, 0.717) is 41.7 Å². The molecule has 2 rings (SSSR count). The molecule has 1 aliphatic rings. The first-order valence-corrected chi connectivity index (χ1v) is 10.6. The maximum atomic E-state index is 12.7. The summed E-state index contributed by atoms with van der Waals surface area (Å²) in [5, 5.41) is 0. The molecule has 0 fully saturated rings. The van der Waals surface area contributed by atoms with Crippen LogP contribution in [0.5, 0.6) is 11.5 Å². The Hall–Kier alpha value is -2.83. The number of rotatable bonds is 10. The molecule has 0 saturated heterocycles. The zero-order valence-electron chi connectivity index (χ0n) is 19.3. The molecule has 1 aliphatic heterocycles. The highest BCUT2D eigenvalue weighted by Gasteiger charge is 2.34. The molecule has 1 atom stereocenters. The molecular formula is C24H32O7. The lowest BCUT2D eigenvalue weighted by atomic mass is 9.94. The van der Waals surface area contributed by atoms with E-state index in [2.05, 4.69) is 4.74 Å². The van der Waals surface area contributed by atoms with Gasteiger partial charge in [-0.15, -0.1) is 0 Å². The van der Waals surface area contributed by atoms with E-state index < -0.39 is 5.97 Å². The third kappa shape index (κ3) is 5.66. The number of carbonyl (C=O) groups is 3. The minimum atomic E-state index is -0.501. The van der Waals surface area contributed by atoms with Crippen molar-refractivity contribution in [3.63, 3.8) is 0 Å². The van der Waals surface area contributed by atoms with Crippen molar-refractivity contribution in [2.45, 2.75) is 66.4 Å². The van der Waals surface area contributed by atoms with Crippen molar-refractivity contribution in [2.24, 2.45) is 5.92 Å². The van der Waals surface area contributed by atoms with Crippen molar-refractivity contribution in [1.29, 1.82) is 0 Å². The second-order valence-corrected chi connectivity index (χ2v) is 7.84. The van der Waals surface area contributed by atoms with Gasteiger partial charge in [0.1, 0.15) is 17.9 Å². The van der Waals surface area contributed by atoms with Gasteiger partial charge in [-0.3, -0.25) is 9.59 Å². The molecule has 1 unspecified atom stereocenters. The summed E-state index contributed by atoms with van der Waals surface area (Å²) < 4.78 is 21.4. The summed E-state index contributed by atoms with van der Waals surface area (Å²) in [5.74, 6) is -0.678. The highest BCUT2D eigenvalue weighted by atomic mass is 16.6. The smallest absolute Gasteiger partial charge is 0.342 e. The Labute approximate surface area is 183 Å². The van der Waals surface area contributed by atoms with Crippen molar-refractivity contribution in [1.82, 2.24) is 0 Å². The van der Waals surface area contributed by atoms with Crippen LogP contribution in [0.15, 0.2) is 11.6 Å². The van der Waals surface area contributed by atoms with E-state index in [-0.39, 0.29) is 36.6 Å². The summed E-state index contributed by atoms with van der Waals surface area (Å²) >= 11 is 0. The molecule has 31 heavy (non-hydrogen) atoms. The van der Waals surface area contributed by atoms with E-state index in [9.17, 15) is 14.4 Å². The van der Waals surface area contributed by atoms with Crippen LogP contribution in [0, 0.1) is 12.8 Å². The SMILES string of the molecule is CCCC(C)C(=O)Oc1c(C/C=C(\C)CCC(=O)OC)c(OC)c(C)c2c1C(=O)OC2. The van der Waals surface area contributed by atoms with Crippen LogP contribution in [0.4, 0.5) is 0 Å². The minimum absolute atomic E-state index is 0.125. The van der Waals surface area contributed by atoms with E-state index >= 15 is 0 Å². The third-order valence-corrected chi connectivity index (χ3v) is 5.56. The normalized spacial score (nSPS) is 14.0. The summed E-state index contributed by atoms with van der Waals surface area (Å²) in [6.07, 6.45) is 4.69. The number of hydrogen-bond donors (Lipinski definition) is 0. The topological polar surface area (TPSA) is 88.1 Å². The van der Waals surface area contributed by atoms with Crippen LogP contribution < -0.4 is 9.47 Å². The number of allylic oxidation sites excluding steroid dienone is 2. The van der Waals surface area contributed by atoms with Crippen molar-refractivity contribution in [2.75, 3.05) is 14.2 Å². The van der Waals surface area contributed by atoms with Crippen molar-refractivity contribution < 1.29 is 33.3 Å². The van der Waals surface area contributed by atoms with Gasteiger partial charge in [0.05, 0.1) is 20.1 Å². The molecule has 0 bridgehead atoms. The maximum absolute atomic E-state index is 12.7. The molecule has 0 aromatic heterocycles. The Morgan fingerprint density at radius 3 is 2.52 bits per heavy atom. The molecule has 1 heterocycles. The fourth-order valence-electron chi connectivity index (χ4n) is 3.65. The number of benzene rings is 1. The summed E-state index contributed by atoms with van der Waals surface area (Å²) in [5.41, 5.74) is 3.37. The van der Waals surface area contributed by atoms with Crippen molar-refractivity contribution in [3.05, 3.63) is 33.9 Å². The molecule has 1 aromatic rings. The second-order valence-electron chi connectivity index (χ2n) is 7.84. The maximum Gasteiger partial charge on any atom is 0.342 e. The third-order valence-electron chi connectivity index (χ3n) is 5.56. The molecule has 170 valence electrons. The first-order valence-electron chi connectivity index (χ1n) is 10.6. The fourth-order valence-corrected chi connectivity index (χ4v) is 3.65. The average Bonchev–Trinajstić information content (AvgIpc) is 3.14. The highest BCUT2D eigenvalue weighted by Crippen LogP contribution is 2.43. The second kappa shape index (κ2) is 11.0. The van der Waals surface area contributed by atoms with Crippen LogP contribution >= 0.6 is 0 Å². The van der Waals surface area contributed by atoms with E-state index in [4.69, 9.17) is 14.2 Å². The standard InChI is InChI=1S/C24H32O7/c1-7-8-15(3)23(26)31-22-17(11-9-14(2)10-12-19(25)28-5)21(29-6)16(4)18-13-30-24(27)20(18)22/h9,15H,7-8,10-13H2,1-6H3/b14-9+. The molecule has 1 aromatic carbocycles. The lowest BCUT2D eigenvalue weighted by Crippen LogP contribution is -2.20. The van der Waals surface area contributed by atoms with Crippen molar-refractivity contribution >= 4 is 17.9 Å². The zero-order chi connectivity index (χ0) is 23.1. The van der Waals surface area contributed by atoms with Crippen LogP contribution in [-0.4, -0.2) is 32.1 Å². The Kier molecular flexibility index (Phi) is 8.65. The van der Waals surface area contributed by atoms with Crippen LogP contribution in [0.25, 0.3) is 0 Å². The molecular weight excluding hydrogens is 400 g/mol. The van der Waals surface area contributed by atoms with Gasteiger partial charge in [-0.25, -0.2) is 4.79 Å². The monoisotopic (exact) mass is 432 g/mol. The number of cyclic esters (lactones) is 1. The Morgan fingerprint density at radius 2 is 1.90 bits per heavy atom. The van der Waals surface area contributed by atoms with Gasteiger partial charge < -0.3 is 18.9 Å². The molecule has 7 nitrogen and oxygen atoms in total. The predicted molar refractivity (Wildman–Crippen MR) is 115 cm³/mol. The number of hydrogen-bond acceptors (Lipinski definition) is 7. The molecule has 0 aliphatic carbocycles. The van der Waals surface area contributed by atoms with Gasteiger partial charge in [0.2, 0.25) is 0 Å². The lowest BCUT2D eigenvalue weighted by molar-refractivity contribution is -0.140. The van der Waals surface area contributed by atoms with Gasteiger partial charge in [0.25, 0.3) is 0 Å². The summed E-state index contributed by atoms with van der Waals surface area (Å²) in [6.45, 7) is 7.72. The Bertz CT molecular complexity index is 883. The van der Waals surface area contributed by atoms with E-state index in [0.717, 1.165) is 17.6 Å². The zero-order valence-corrected chi connectivity index (χ0v) is 19.3. The van der Waals surface area contributed by atoms with E-state index in [1.54, 1.807) is 7.11 Å². The molecule has 0 radical (unpaired) electrons. The van der Waals surface area contributed by atoms with Gasteiger partial charge in [-0.05, 0) is 38.7 Å². The van der Waals surface area contributed by atoms with Crippen LogP contribution in [0.2, 0.25) is 0 Å². The first kappa shape index (κ1) is 24.4. The Morgan fingerprint density at radius 1 is 1.19 bits per heavy atom. The molecule has 7 heteroatoms. The summed E-state index contributed by atoms with van der Waals surface area (Å²) in [6, 6.07) is 0. The van der Waals surface area contributed by atoms with Crippen LogP contribution in [0.3, 0.4) is 0 Å². The van der Waals surface area contributed by atoms with Gasteiger partial charge in [0, 0.05) is 17.5 Å². The number of fused-ring (bicyclic) bond motifs is 1. The largest absolute Gasteiger partial charge is 0.496 e. The number of esters is 3. The number of ether oxygens (including phenoxy) is 4. The summed E-state index contributed by atoms with van der Waals surface area (Å²) in [7, 11) is 2.91. The number of methoxy groups -OCH3 is 2. The predicted octanol–water partition coefficient (Wildman–Crippen LogP) is 4.46. The summed E-state index contributed by atoms with van der Waals surface area (Å²) in [4.78, 5) is 36.6. The quantitative estimate of drug-likeness (QED) is 0.306. The van der Waals surface area contributed by atoms with Gasteiger partial charge >= 0.3 is 17.9 Å². The molecule has 0 N–H and O–H groups in total. The highest BCUT2D eigenvalue weighted by molar-refractivity contribution is 5.99. The van der Waals surface area contributed by atoms with E-state index in [1.165, 1.54) is 7.11 Å². The first-order chi connectivity index (χ1) is 14.7. The number of carbonyl (C=O) groups excluding carboxylic acids is 3. The van der Waals surface area contributed by atoms with Crippen LogP contribution in [-0.2, 0) is 32.1 Å². The lowest BCUT2D eigenvalue weighted by Gasteiger charge is -2.20.